The Labute approximate surface area is 300 Å². The molecule has 0 saturated carbocycles. The summed E-state index contributed by atoms with van der Waals surface area (Å²) in [5, 5.41) is 6.91. The van der Waals surface area contributed by atoms with Gasteiger partial charge >= 0.3 is 0 Å². The summed E-state index contributed by atoms with van der Waals surface area (Å²) in [6, 6.07) is 59.5. The van der Waals surface area contributed by atoms with Crippen LogP contribution in [-0.4, -0.2) is 19.9 Å². The lowest BCUT2D eigenvalue weighted by Crippen LogP contribution is -1.97. The minimum absolute atomic E-state index is 0.652. The number of hydrogen-bond donors (Lipinski definition) is 0. The van der Waals surface area contributed by atoms with Crippen LogP contribution in [0.15, 0.2) is 182 Å². The fraction of sp³-hybridized carbons (Fsp3) is 0. The Balaban J connectivity index is 1.21. The first-order chi connectivity index (χ1) is 25.7. The Bertz CT molecular complexity index is 2580. The molecule has 0 unspecified atom stereocenters. The molecule has 0 atom stereocenters. The molecule has 4 nitrogen and oxygen atoms in total. The second-order valence-electron chi connectivity index (χ2n) is 13.2. The summed E-state index contributed by atoms with van der Waals surface area (Å²) in [7, 11) is 0. The van der Waals surface area contributed by atoms with Gasteiger partial charge in [0, 0.05) is 51.0 Å². The SMILES string of the molecule is c1ccc2cc(-c3cc(-c4ccc5ccccc5c4)nc(-c4cc(-c5cnc6ccccc6c5)cc(-c5cnc6ccccc6c5)c4)n3)ccc2c1. The lowest BCUT2D eigenvalue weighted by Gasteiger charge is -2.14. The molecule has 242 valence electrons. The lowest BCUT2D eigenvalue weighted by molar-refractivity contribution is 1.18. The first-order valence-electron chi connectivity index (χ1n) is 17.4. The number of nitrogens with zero attached hydrogens (tertiary/aromatic N) is 4. The van der Waals surface area contributed by atoms with Crippen molar-refractivity contribution in [3.8, 4) is 56.2 Å². The summed E-state index contributed by atoms with van der Waals surface area (Å²) < 4.78 is 0. The van der Waals surface area contributed by atoms with Crippen LogP contribution < -0.4 is 0 Å². The van der Waals surface area contributed by atoms with E-state index in [4.69, 9.17) is 19.9 Å². The molecular weight excluding hydrogens is 633 g/mol. The zero-order valence-electron chi connectivity index (χ0n) is 28.1. The van der Waals surface area contributed by atoms with Crippen molar-refractivity contribution >= 4 is 43.4 Å². The fourth-order valence-corrected chi connectivity index (χ4v) is 7.12. The van der Waals surface area contributed by atoms with Gasteiger partial charge in [-0.1, -0.05) is 109 Å². The van der Waals surface area contributed by atoms with E-state index in [0.717, 1.165) is 72.1 Å². The Morgan fingerprint density at radius 1 is 0.269 bits per heavy atom. The Kier molecular flexibility index (Phi) is 7.10. The van der Waals surface area contributed by atoms with Crippen LogP contribution in [0.3, 0.4) is 0 Å². The maximum atomic E-state index is 5.30. The maximum absolute atomic E-state index is 5.30. The summed E-state index contributed by atoms with van der Waals surface area (Å²) in [6.07, 6.45) is 3.91. The second kappa shape index (κ2) is 12.4. The van der Waals surface area contributed by atoms with E-state index in [-0.39, 0.29) is 0 Å². The van der Waals surface area contributed by atoms with E-state index >= 15 is 0 Å². The van der Waals surface area contributed by atoms with Crippen LogP contribution in [-0.2, 0) is 0 Å². The number of rotatable bonds is 5. The van der Waals surface area contributed by atoms with E-state index in [9.17, 15) is 0 Å². The molecule has 0 aliphatic carbocycles. The molecule has 52 heavy (non-hydrogen) atoms. The minimum atomic E-state index is 0.652. The van der Waals surface area contributed by atoms with Gasteiger partial charge < -0.3 is 0 Å². The van der Waals surface area contributed by atoms with Crippen molar-refractivity contribution in [2.24, 2.45) is 0 Å². The van der Waals surface area contributed by atoms with E-state index in [1.54, 1.807) is 0 Å². The van der Waals surface area contributed by atoms with Crippen molar-refractivity contribution in [3.63, 3.8) is 0 Å². The summed E-state index contributed by atoms with van der Waals surface area (Å²) in [5.74, 6) is 0.652. The van der Waals surface area contributed by atoms with E-state index in [1.807, 2.05) is 36.7 Å². The number of para-hydroxylation sites is 2. The molecule has 0 fully saturated rings. The van der Waals surface area contributed by atoms with Crippen LogP contribution in [0.5, 0.6) is 0 Å². The predicted molar refractivity (Wildman–Crippen MR) is 215 cm³/mol. The topological polar surface area (TPSA) is 51.6 Å². The third-order valence-electron chi connectivity index (χ3n) is 9.86. The van der Waals surface area contributed by atoms with Crippen LogP contribution in [0, 0.1) is 0 Å². The molecule has 0 amide bonds. The van der Waals surface area contributed by atoms with E-state index in [1.165, 1.54) is 21.5 Å². The smallest absolute Gasteiger partial charge is 0.160 e. The highest BCUT2D eigenvalue weighted by atomic mass is 14.9. The van der Waals surface area contributed by atoms with Gasteiger partial charge in [-0.05, 0) is 93.3 Å². The Morgan fingerprint density at radius 2 is 0.673 bits per heavy atom. The molecule has 3 aromatic heterocycles. The number of hydrogen-bond acceptors (Lipinski definition) is 4. The zero-order valence-corrected chi connectivity index (χ0v) is 28.1. The molecule has 4 heteroatoms. The van der Waals surface area contributed by atoms with Crippen LogP contribution in [0.25, 0.3) is 99.5 Å². The highest BCUT2D eigenvalue weighted by molar-refractivity contribution is 5.91. The number of aromatic nitrogens is 4. The van der Waals surface area contributed by atoms with Gasteiger partial charge in [0.2, 0.25) is 0 Å². The largest absolute Gasteiger partial charge is 0.256 e. The molecular formula is C48H30N4. The molecule has 0 radical (unpaired) electrons. The molecule has 7 aromatic carbocycles. The van der Waals surface area contributed by atoms with Gasteiger partial charge in [0.1, 0.15) is 0 Å². The highest BCUT2D eigenvalue weighted by Crippen LogP contribution is 2.36. The third-order valence-corrected chi connectivity index (χ3v) is 9.86. The van der Waals surface area contributed by atoms with Gasteiger partial charge in [0.15, 0.2) is 5.82 Å². The van der Waals surface area contributed by atoms with Crippen molar-refractivity contribution in [2.75, 3.05) is 0 Å². The average molecular weight is 663 g/mol. The third kappa shape index (κ3) is 5.53. The Hall–Kier alpha value is -7.04. The van der Waals surface area contributed by atoms with Crippen molar-refractivity contribution < 1.29 is 0 Å². The fourth-order valence-electron chi connectivity index (χ4n) is 7.12. The summed E-state index contributed by atoms with van der Waals surface area (Å²) >= 11 is 0. The first kappa shape index (κ1) is 29.8. The lowest BCUT2D eigenvalue weighted by atomic mass is 9.95. The van der Waals surface area contributed by atoms with Gasteiger partial charge in [0.05, 0.1) is 22.4 Å². The molecule has 0 bridgehead atoms. The van der Waals surface area contributed by atoms with Crippen LogP contribution in [0.4, 0.5) is 0 Å². The molecule has 0 aliphatic rings. The van der Waals surface area contributed by atoms with Gasteiger partial charge in [-0.2, -0.15) is 0 Å². The van der Waals surface area contributed by atoms with Crippen LogP contribution in [0.1, 0.15) is 0 Å². The second-order valence-corrected chi connectivity index (χ2v) is 13.2. The van der Waals surface area contributed by atoms with E-state index in [0.29, 0.717) is 5.82 Å². The first-order valence-corrected chi connectivity index (χ1v) is 17.4. The number of fused-ring (bicyclic) bond motifs is 4. The van der Waals surface area contributed by atoms with Crippen molar-refractivity contribution in [1.29, 1.82) is 0 Å². The Morgan fingerprint density at radius 3 is 1.17 bits per heavy atom. The number of benzene rings is 7. The highest BCUT2D eigenvalue weighted by Gasteiger charge is 2.15. The minimum Gasteiger partial charge on any atom is -0.256 e. The predicted octanol–water partition coefficient (Wildman–Crippen LogP) is 12.2. The standard InChI is InChI=1S/C48H30N4/c1-3-11-33-21-37(19-17-31(33)9-1)46-28-47(38-20-18-32-10-2-4-12-34(32)22-38)52-48(51-46)41-26-39(42-23-35-13-5-7-15-44(35)49-29-42)25-40(27-41)43-24-36-14-6-8-16-45(36)50-30-43/h1-30H. The molecule has 0 N–H and O–H groups in total. The van der Waals surface area contributed by atoms with Gasteiger partial charge in [-0.25, -0.2) is 9.97 Å². The zero-order chi connectivity index (χ0) is 34.4. The average Bonchev–Trinajstić information content (AvgIpc) is 3.22. The van der Waals surface area contributed by atoms with E-state index < -0.39 is 0 Å². The molecule has 0 saturated heterocycles. The van der Waals surface area contributed by atoms with Gasteiger partial charge in [-0.3, -0.25) is 9.97 Å². The van der Waals surface area contributed by atoms with Crippen LogP contribution >= 0.6 is 0 Å². The summed E-state index contributed by atoms with van der Waals surface area (Å²) in [4.78, 5) is 20.2. The van der Waals surface area contributed by atoms with Gasteiger partial charge in [0.25, 0.3) is 0 Å². The van der Waals surface area contributed by atoms with Gasteiger partial charge in [-0.15, -0.1) is 0 Å². The normalized spacial score (nSPS) is 11.5. The number of pyridine rings is 2. The summed E-state index contributed by atoms with van der Waals surface area (Å²) in [5.41, 5.74) is 10.8. The van der Waals surface area contributed by atoms with E-state index in [2.05, 4.69) is 146 Å². The monoisotopic (exact) mass is 662 g/mol. The quantitative estimate of drug-likeness (QED) is 0.184. The molecule has 10 rings (SSSR count). The van der Waals surface area contributed by atoms with Crippen molar-refractivity contribution in [3.05, 3.63) is 182 Å². The summed E-state index contributed by atoms with van der Waals surface area (Å²) in [6.45, 7) is 0. The van der Waals surface area contributed by atoms with Crippen molar-refractivity contribution in [2.45, 2.75) is 0 Å². The van der Waals surface area contributed by atoms with Crippen molar-refractivity contribution in [1.82, 2.24) is 19.9 Å². The molecule has 0 aliphatic heterocycles. The maximum Gasteiger partial charge on any atom is 0.160 e. The molecule has 3 heterocycles. The molecule has 0 spiro atoms. The molecule has 10 aromatic rings. The van der Waals surface area contributed by atoms with Crippen LogP contribution in [0.2, 0.25) is 0 Å².